The molecule has 2 atom stereocenters. The van der Waals surface area contributed by atoms with Crippen molar-refractivity contribution in [1.29, 1.82) is 0 Å². The first-order valence-electron chi connectivity index (χ1n) is 10.0. The summed E-state index contributed by atoms with van der Waals surface area (Å²) in [6, 6.07) is 27.9. The molecule has 0 fully saturated rings. The lowest BCUT2D eigenvalue weighted by atomic mass is 10.0. The maximum atomic E-state index is 13.3. The fourth-order valence-corrected chi connectivity index (χ4v) is 5.83. The number of nitrogens with zero attached hydrogens (tertiary/aromatic N) is 1. The predicted octanol–water partition coefficient (Wildman–Crippen LogP) is 5.70. The molecule has 4 nitrogen and oxygen atoms in total. The van der Waals surface area contributed by atoms with Crippen LogP contribution in [0.1, 0.15) is 23.2 Å². The summed E-state index contributed by atoms with van der Waals surface area (Å²) in [5.41, 5.74) is 3.12. The molecule has 5 rings (SSSR count). The highest BCUT2D eigenvalue weighted by atomic mass is 35.5. The van der Waals surface area contributed by atoms with Crippen molar-refractivity contribution < 1.29 is 8.42 Å². The van der Waals surface area contributed by atoms with Crippen molar-refractivity contribution >= 4 is 38.1 Å². The molecule has 0 aromatic heterocycles. The molecule has 4 aromatic carbocycles. The molecule has 0 amide bonds. The van der Waals surface area contributed by atoms with Gasteiger partial charge >= 0.3 is 0 Å². The second kappa shape index (κ2) is 7.68. The van der Waals surface area contributed by atoms with Crippen LogP contribution in [-0.4, -0.2) is 15.5 Å². The van der Waals surface area contributed by atoms with E-state index in [2.05, 4.69) is 27.8 Å². The number of hydrogen-bond acceptors (Lipinski definition) is 3. The summed E-state index contributed by atoms with van der Waals surface area (Å²) in [6.07, 6.45) is 0. The van der Waals surface area contributed by atoms with Crippen molar-refractivity contribution in [1.82, 2.24) is 4.72 Å². The number of benzene rings is 4. The molecule has 4 aromatic rings. The smallest absolute Gasteiger partial charge is 0.241 e. The average molecular weight is 449 g/mol. The summed E-state index contributed by atoms with van der Waals surface area (Å²) in [5, 5.41) is 2.72. The lowest BCUT2D eigenvalue weighted by Crippen LogP contribution is -2.37. The molecule has 0 bridgehead atoms. The van der Waals surface area contributed by atoms with Gasteiger partial charge in [0.1, 0.15) is 0 Å². The van der Waals surface area contributed by atoms with Gasteiger partial charge in [0.05, 0.1) is 17.0 Å². The summed E-state index contributed by atoms with van der Waals surface area (Å²) in [6.45, 7) is 0. The highest BCUT2D eigenvalue weighted by Crippen LogP contribution is 2.48. The van der Waals surface area contributed by atoms with Crippen LogP contribution in [0.5, 0.6) is 0 Å². The lowest BCUT2D eigenvalue weighted by molar-refractivity contribution is 0.505. The number of anilines is 1. The Morgan fingerprint density at radius 1 is 0.806 bits per heavy atom. The van der Waals surface area contributed by atoms with Crippen LogP contribution in [0, 0.1) is 0 Å². The van der Waals surface area contributed by atoms with E-state index < -0.39 is 16.1 Å². The van der Waals surface area contributed by atoms with E-state index in [1.165, 1.54) is 12.1 Å². The molecule has 0 heterocycles. The van der Waals surface area contributed by atoms with Crippen LogP contribution in [0.15, 0.2) is 95.9 Å². The van der Waals surface area contributed by atoms with E-state index >= 15 is 0 Å². The second-order valence-corrected chi connectivity index (χ2v) is 9.89. The molecule has 0 saturated heterocycles. The zero-order valence-electron chi connectivity index (χ0n) is 16.9. The van der Waals surface area contributed by atoms with E-state index in [4.69, 9.17) is 11.6 Å². The van der Waals surface area contributed by atoms with E-state index in [1.807, 2.05) is 55.6 Å². The molecule has 6 heteroatoms. The third kappa shape index (κ3) is 3.49. The second-order valence-electron chi connectivity index (χ2n) is 7.74. The Hall–Kier alpha value is -2.86. The van der Waals surface area contributed by atoms with Crippen molar-refractivity contribution in [2.75, 3.05) is 11.9 Å². The van der Waals surface area contributed by atoms with Gasteiger partial charge in [-0.15, -0.1) is 0 Å². The first kappa shape index (κ1) is 20.1. The van der Waals surface area contributed by atoms with E-state index in [9.17, 15) is 8.42 Å². The third-order valence-electron chi connectivity index (χ3n) is 5.93. The fraction of sp³-hybridized carbons (Fsp3) is 0.120. The van der Waals surface area contributed by atoms with Gasteiger partial charge in [0.15, 0.2) is 0 Å². The number of likely N-dealkylation sites (N-methyl/N-ethyl adjacent to an activating group) is 1. The molecule has 0 unspecified atom stereocenters. The van der Waals surface area contributed by atoms with Gasteiger partial charge in [0.25, 0.3) is 0 Å². The zero-order chi connectivity index (χ0) is 21.6. The highest BCUT2D eigenvalue weighted by molar-refractivity contribution is 7.89. The monoisotopic (exact) mass is 448 g/mol. The number of sulfonamides is 1. The van der Waals surface area contributed by atoms with Crippen LogP contribution < -0.4 is 9.62 Å². The minimum absolute atomic E-state index is 0.189. The van der Waals surface area contributed by atoms with Crippen LogP contribution in [0.4, 0.5) is 5.69 Å². The Balaban J connectivity index is 1.63. The van der Waals surface area contributed by atoms with Crippen LogP contribution >= 0.6 is 11.6 Å². The number of halogens is 1. The third-order valence-corrected chi connectivity index (χ3v) is 7.63. The number of para-hydroxylation sites is 1. The Labute approximate surface area is 187 Å². The summed E-state index contributed by atoms with van der Waals surface area (Å²) in [5.74, 6) is 0. The standard InChI is InChI=1S/C25H21ClN2O2S/c1-28(19-9-3-2-4-10-19)25-22-12-6-8-17-7-5-11-21(23(17)22)24(25)27-31(29,30)20-15-13-18(26)14-16-20/h2-16,24-25,27H,1H3/t24-,25-/m0/s1. The number of hydrogen-bond donors (Lipinski definition) is 1. The quantitative estimate of drug-likeness (QED) is 0.425. The van der Waals surface area contributed by atoms with Gasteiger partial charge in [0, 0.05) is 17.8 Å². The largest absolute Gasteiger partial charge is 0.366 e. The van der Waals surface area contributed by atoms with Gasteiger partial charge in [-0.05, 0) is 58.3 Å². The molecule has 156 valence electrons. The van der Waals surface area contributed by atoms with Crippen LogP contribution in [0.25, 0.3) is 10.8 Å². The van der Waals surface area contributed by atoms with Crippen LogP contribution in [0.2, 0.25) is 5.02 Å². The molecule has 0 spiro atoms. The summed E-state index contributed by atoms with van der Waals surface area (Å²) in [4.78, 5) is 2.34. The maximum Gasteiger partial charge on any atom is 0.241 e. The Morgan fingerprint density at radius 3 is 2.13 bits per heavy atom. The molecular formula is C25H21ClN2O2S. The van der Waals surface area contributed by atoms with Crippen molar-refractivity contribution in [3.63, 3.8) is 0 Å². The van der Waals surface area contributed by atoms with Gasteiger partial charge in [-0.1, -0.05) is 66.2 Å². The van der Waals surface area contributed by atoms with Gasteiger partial charge in [-0.2, -0.15) is 0 Å². The normalized spacial score (nSPS) is 17.7. The van der Waals surface area contributed by atoms with E-state index in [-0.39, 0.29) is 10.9 Å². The van der Waals surface area contributed by atoms with E-state index in [0.717, 1.165) is 27.6 Å². The first-order valence-corrected chi connectivity index (χ1v) is 11.9. The maximum absolute atomic E-state index is 13.3. The van der Waals surface area contributed by atoms with Crippen molar-refractivity contribution in [2.45, 2.75) is 17.0 Å². The van der Waals surface area contributed by atoms with Crippen molar-refractivity contribution in [3.8, 4) is 0 Å². The molecule has 31 heavy (non-hydrogen) atoms. The zero-order valence-corrected chi connectivity index (χ0v) is 18.4. The van der Waals surface area contributed by atoms with Crippen LogP contribution in [-0.2, 0) is 10.0 Å². The Bertz CT molecular complexity index is 1350. The molecule has 0 saturated carbocycles. The molecule has 1 aliphatic rings. The van der Waals surface area contributed by atoms with E-state index in [1.54, 1.807) is 12.1 Å². The van der Waals surface area contributed by atoms with Gasteiger partial charge in [-0.25, -0.2) is 13.1 Å². The van der Waals surface area contributed by atoms with Gasteiger partial charge in [-0.3, -0.25) is 0 Å². The number of nitrogens with one attached hydrogen (secondary N) is 1. The molecular weight excluding hydrogens is 428 g/mol. The van der Waals surface area contributed by atoms with Crippen LogP contribution in [0.3, 0.4) is 0 Å². The first-order chi connectivity index (χ1) is 15.0. The highest BCUT2D eigenvalue weighted by Gasteiger charge is 2.39. The topological polar surface area (TPSA) is 49.4 Å². The summed E-state index contributed by atoms with van der Waals surface area (Å²) in [7, 11) is -1.75. The number of rotatable bonds is 5. The van der Waals surface area contributed by atoms with Crippen molar-refractivity contribution in [2.24, 2.45) is 0 Å². The minimum Gasteiger partial charge on any atom is -0.366 e. The fourth-order valence-electron chi connectivity index (χ4n) is 4.49. The molecule has 1 aliphatic carbocycles. The SMILES string of the molecule is CN(c1ccccc1)[C@H]1c2cccc3cccc(c23)[C@@H]1NS(=O)(=O)c1ccc(Cl)cc1. The van der Waals surface area contributed by atoms with Gasteiger partial charge in [0.2, 0.25) is 10.0 Å². The predicted molar refractivity (Wildman–Crippen MR) is 126 cm³/mol. The van der Waals surface area contributed by atoms with Crippen molar-refractivity contribution in [3.05, 3.63) is 107 Å². The lowest BCUT2D eigenvalue weighted by Gasteiger charge is -2.33. The molecule has 1 N–H and O–H groups in total. The Kier molecular flexibility index (Phi) is 4.97. The van der Waals surface area contributed by atoms with E-state index in [0.29, 0.717) is 5.02 Å². The Morgan fingerprint density at radius 2 is 1.45 bits per heavy atom. The minimum atomic E-state index is -3.76. The molecule has 0 radical (unpaired) electrons. The molecule has 0 aliphatic heterocycles. The van der Waals surface area contributed by atoms with Gasteiger partial charge < -0.3 is 4.90 Å². The summed E-state index contributed by atoms with van der Waals surface area (Å²) < 4.78 is 29.6. The summed E-state index contributed by atoms with van der Waals surface area (Å²) >= 11 is 5.96. The average Bonchev–Trinajstić information content (AvgIpc) is 3.09.